The lowest BCUT2D eigenvalue weighted by atomic mass is 9.79. The van der Waals surface area contributed by atoms with Crippen LogP contribution >= 0.6 is 0 Å². The molecule has 0 aliphatic carbocycles. The Kier molecular flexibility index (Phi) is 7.36. The molecule has 54 heavy (non-hydrogen) atoms. The largest absolute Gasteiger partial charge is 0.494 e. The van der Waals surface area contributed by atoms with Gasteiger partial charge in [0.2, 0.25) is 0 Å². The van der Waals surface area contributed by atoms with Gasteiger partial charge in [-0.2, -0.15) is 0 Å². The van der Waals surface area contributed by atoms with E-state index in [2.05, 4.69) is 131 Å². The molecule has 1 unspecified atom stereocenters. The van der Waals surface area contributed by atoms with Crippen LogP contribution in [0.3, 0.4) is 0 Å². The summed E-state index contributed by atoms with van der Waals surface area (Å²) in [6.07, 6.45) is 0. The molecule has 1 saturated heterocycles. The molecular weight excluding hydrogens is 683 g/mol. The number of rotatable bonds is 4. The quantitative estimate of drug-likeness (QED) is 0.177. The zero-order valence-electron chi connectivity index (χ0n) is 30.5. The molecule has 1 aromatic heterocycles. The van der Waals surface area contributed by atoms with Gasteiger partial charge in [-0.05, 0) is 96.4 Å². The first-order valence-corrected chi connectivity index (χ1v) is 20.4. The maximum Gasteiger partial charge on any atom is 0.494 e. The van der Waals surface area contributed by atoms with Crippen LogP contribution in [0.15, 0.2) is 152 Å². The van der Waals surface area contributed by atoms with Gasteiger partial charge in [-0.3, -0.25) is 0 Å². The molecule has 6 aromatic carbocycles. The SMILES string of the molecule is CC1(C)OB(c2ccc3c(c2)[Si]2(c4ccccc4O3)c3ccccc3Oc3ccc(-c4cc(-c5ccccc5)nc(-c5ccccc5)n4)cc32)OC1(C)C. The van der Waals surface area contributed by atoms with E-state index in [-0.39, 0.29) is 0 Å². The van der Waals surface area contributed by atoms with Gasteiger partial charge < -0.3 is 18.8 Å². The summed E-state index contributed by atoms with van der Waals surface area (Å²) in [5, 5.41) is 4.58. The highest BCUT2D eigenvalue weighted by atomic mass is 28.3. The number of hydrogen-bond donors (Lipinski definition) is 0. The fourth-order valence-electron chi connectivity index (χ4n) is 8.03. The van der Waals surface area contributed by atoms with Crippen molar-refractivity contribution in [3.63, 3.8) is 0 Å². The van der Waals surface area contributed by atoms with Crippen LogP contribution < -0.4 is 35.7 Å². The smallest absolute Gasteiger partial charge is 0.458 e. The van der Waals surface area contributed by atoms with Gasteiger partial charge in [0.05, 0.1) is 22.6 Å². The molecule has 1 atom stereocenters. The molecule has 0 amide bonds. The van der Waals surface area contributed by atoms with Crippen molar-refractivity contribution in [3.8, 4) is 56.9 Å². The van der Waals surface area contributed by atoms with E-state index in [1.165, 1.54) is 0 Å². The van der Waals surface area contributed by atoms with Gasteiger partial charge >= 0.3 is 7.12 Å². The summed E-state index contributed by atoms with van der Waals surface area (Å²) in [4.78, 5) is 10.3. The molecule has 4 heterocycles. The molecule has 262 valence electrons. The number of aromatic nitrogens is 2. The molecule has 6 nitrogen and oxygen atoms in total. The Morgan fingerprint density at radius 3 is 1.54 bits per heavy atom. The molecule has 0 N–H and O–H groups in total. The first-order chi connectivity index (χ1) is 26.2. The van der Waals surface area contributed by atoms with E-state index in [0.717, 1.165) is 77.3 Å². The standard InChI is InChI=1S/C46H37BN2O4Si/c1-45(2)46(3,4)53-47(52-45)33-24-26-39-43(28-33)54(41-22-14-12-20-37(41)51-39)40-21-13-11-19-36(40)50-38-25-23-32(27-42(38)54)35-29-34(30-15-7-5-8-16-30)48-44(49-35)31-17-9-6-10-18-31/h5-29H,1-4H3. The Labute approximate surface area is 316 Å². The Morgan fingerprint density at radius 1 is 0.444 bits per heavy atom. The Morgan fingerprint density at radius 2 is 0.926 bits per heavy atom. The van der Waals surface area contributed by atoms with Crippen LogP contribution in [-0.2, 0) is 9.31 Å². The van der Waals surface area contributed by atoms with E-state index >= 15 is 0 Å². The van der Waals surface area contributed by atoms with Crippen molar-refractivity contribution in [1.82, 2.24) is 9.97 Å². The molecule has 1 spiro atoms. The van der Waals surface area contributed by atoms with Crippen LogP contribution in [0.1, 0.15) is 27.7 Å². The second kappa shape index (κ2) is 12.1. The van der Waals surface area contributed by atoms with Gasteiger partial charge in [-0.1, -0.05) is 109 Å². The molecule has 3 aliphatic rings. The van der Waals surface area contributed by atoms with Crippen molar-refractivity contribution in [3.05, 3.63) is 152 Å². The van der Waals surface area contributed by atoms with Crippen LogP contribution in [0, 0.1) is 0 Å². The van der Waals surface area contributed by atoms with Gasteiger partial charge in [-0.25, -0.2) is 9.97 Å². The minimum atomic E-state index is -3.13. The van der Waals surface area contributed by atoms with Crippen LogP contribution in [0.5, 0.6) is 23.0 Å². The molecule has 10 rings (SSSR count). The highest BCUT2D eigenvalue weighted by Crippen LogP contribution is 2.39. The van der Waals surface area contributed by atoms with Gasteiger partial charge in [0.1, 0.15) is 23.0 Å². The summed E-state index contributed by atoms with van der Waals surface area (Å²) in [6, 6.07) is 52.5. The summed E-state index contributed by atoms with van der Waals surface area (Å²) in [5.41, 5.74) is 4.66. The molecule has 0 bridgehead atoms. The number of benzene rings is 6. The number of hydrogen-bond acceptors (Lipinski definition) is 6. The highest BCUT2D eigenvalue weighted by molar-refractivity contribution is 7.21. The van der Waals surface area contributed by atoms with Gasteiger partial charge in [0.25, 0.3) is 0 Å². The maximum atomic E-state index is 6.81. The van der Waals surface area contributed by atoms with E-state index in [9.17, 15) is 0 Å². The van der Waals surface area contributed by atoms with Crippen molar-refractivity contribution in [2.24, 2.45) is 0 Å². The predicted octanol–water partition coefficient (Wildman–Crippen LogP) is 7.37. The summed E-state index contributed by atoms with van der Waals surface area (Å²) in [6.45, 7) is 8.36. The van der Waals surface area contributed by atoms with E-state index in [1.807, 2.05) is 48.5 Å². The molecule has 0 radical (unpaired) electrons. The Balaban J connectivity index is 1.23. The fraction of sp³-hybridized carbons (Fsp3) is 0.130. The molecule has 1 fully saturated rings. The number of fused-ring (bicyclic) bond motifs is 8. The van der Waals surface area contributed by atoms with Crippen molar-refractivity contribution in [2.45, 2.75) is 38.9 Å². The second-order valence-electron chi connectivity index (χ2n) is 15.2. The van der Waals surface area contributed by atoms with Crippen molar-refractivity contribution < 1.29 is 18.8 Å². The zero-order chi connectivity index (χ0) is 36.7. The molecule has 3 aliphatic heterocycles. The summed E-state index contributed by atoms with van der Waals surface area (Å²) in [7, 11) is -3.66. The van der Waals surface area contributed by atoms with Crippen molar-refractivity contribution in [2.75, 3.05) is 0 Å². The average molecular weight is 721 g/mol. The fourth-order valence-corrected chi connectivity index (χ4v) is 13.2. The van der Waals surface area contributed by atoms with Crippen LogP contribution in [0.4, 0.5) is 0 Å². The summed E-state index contributed by atoms with van der Waals surface area (Å²) >= 11 is 0. The van der Waals surface area contributed by atoms with E-state index in [0.29, 0.717) is 5.82 Å². The number of para-hydroxylation sites is 2. The first kappa shape index (κ1) is 32.8. The Hall–Kier alpha value is -5.80. The van der Waals surface area contributed by atoms with E-state index in [1.54, 1.807) is 0 Å². The predicted molar refractivity (Wildman–Crippen MR) is 218 cm³/mol. The van der Waals surface area contributed by atoms with Crippen molar-refractivity contribution in [1.29, 1.82) is 0 Å². The van der Waals surface area contributed by atoms with Crippen molar-refractivity contribution >= 4 is 41.4 Å². The van der Waals surface area contributed by atoms with E-state index in [4.69, 9.17) is 28.8 Å². The molecule has 0 saturated carbocycles. The van der Waals surface area contributed by atoms with Crippen LogP contribution in [-0.4, -0.2) is 36.4 Å². The summed E-state index contributed by atoms with van der Waals surface area (Å²) in [5.74, 6) is 4.04. The monoisotopic (exact) mass is 720 g/mol. The van der Waals surface area contributed by atoms with E-state index < -0.39 is 26.4 Å². The maximum absolute atomic E-state index is 6.81. The third-order valence-electron chi connectivity index (χ3n) is 11.5. The summed E-state index contributed by atoms with van der Waals surface area (Å²) < 4.78 is 26.8. The number of nitrogens with zero attached hydrogens (tertiary/aromatic N) is 2. The third-order valence-corrected chi connectivity index (χ3v) is 16.3. The zero-order valence-corrected chi connectivity index (χ0v) is 31.5. The lowest BCUT2D eigenvalue weighted by Gasteiger charge is -2.43. The minimum absolute atomic E-state index is 0.479. The first-order valence-electron chi connectivity index (χ1n) is 18.4. The van der Waals surface area contributed by atoms with Crippen LogP contribution in [0.25, 0.3) is 33.9 Å². The number of ether oxygens (including phenoxy) is 2. The Bertz CT molecular complexity index is 2480. The molecule has 7 aromatic rings. The lowest BCUT2D eigenvalue weighted by molar-refractivity contribution is 0.00578. The van der Waals surface area contributed by atoms with Gasteiger partial charge in [0, 0.05) is 16.7 Å². The molecule has 8 heteroatoms. The van der Waals surface area contributed by atoms with Gasteiger partial charge in [-0.15, -0.1) is 0 Å². The average Bonchev–Trinajstić information content (AvgIpc) is 3.43. The third kappa shape index (κ3) is 5.01. The van der Waals surface area contributed by atoms with Gasteiger partial charge in [0.15, 0.2) is 13.9 Å². The normalized spacial score (nSPS) is 18.5. The minimum Gasteiger partial charge on any atom is -0.458 e. The molecular formula is C46H37BN2O4Si. The topological polar surface area (TPSA) is 62.7 Å². The van der Waals surface area contributed by atoms with Crippen LogP contribution in [0.2, 0.25) is 0 Å². The highest BCUT2D eigenvalue weighted by Gasteiger charge is 2.55. The second-order valence-corrected chi connectivity index (χ2v) is 18.9. The lowest BCUT2D eigenvalue weighted by Crippen LogP contribution is -2.77.